The lowest BCUT2D eigenvalue weighted by atomic mass is 9.94. The Morgan fingerprint density at radius 2 is 1.38 bits per heavy atom. The molecule has 0 bridgehead atoms. The fraction of sp³-hybridized carbons (Fsp3) is 0.812. The number of nitrogens with one attached hydrogen (secondary N) is 2. The lowest BCUT2D eigenvalue weighted by molar-refractivity contribution is -0.293. The highest BCUT2D eigenvalue weighted by Gasteiger charge is 2.77. The number of alkyl carbamates (subject to hydrolysis) is 1. The Kier molecular flexibility index (Phi) is 8.38. The minimum atomic E-state index is -6.31. The Balaban J connectivity index is 6.21. The van der Waals surface area contributed by atoms with Gasteiger partial charge >= 0.3 is 30.0 Å². The highest BCUT2D eigenvalue weighted by Crippen LogP contribution is 2.43. The molecule has 0 aromatic heterocycles. The summed E-state index contributed by atoms with van der Waals surface area (Å²) < 4.78 is 89.4. The molecule has 0 saturated heterocycles. The van der Waals surface area contributed by atoms with Crippen molar-refractivity contribution in [1.82, 2.24) is 10.6 Å². The van der Waals surface area contributed by atoms with Crippen molar-refractivity contribution >= 4 is 18.0 Å². The Morgan fingerprint density at radius 3 is 1.69 bits per heavy atom. The van der Waals surface area contributed by atoms with Gasteiger partial charge in [0.1, 0.15) is 11.6 Å². The molecule has 7 nitrogen and oxygen atoms in total. The van der Waals surface area contributed by atoms with E-state index in [0.717, 1.165) is 0 Å². The Labute approximate surface area is 163 Å². The molecule has 0 unspecified atom stereocenters. The van der Waals surface area contributed by atoms with E-state index in [1.807, 2.05) is 0 Å². The Bertz CT molecular complexity index is 596. The number of methoxy groups -OCH3 is 1. The molecule has 0 heterocycles. The molecule has 0 aliphatic rings. The largest absolute Gasteiger partial charge is 0.458 e. The molecule has 0 aliphatic carbocycles. The summed E-state index contributed by atoms with van der Waals surface area (Å²) in [7, 11) is 0.521. The van der Waals surface area contributed by atoms with E-state index in [9.17, 15) is 40.7 Å². The zero-order chi connectivity index (χ0) is 23.4. The van der Waals surface area contributed by atoms with Crippen molar-refractivity contribution < 1.29 is 50.2 Å². The van der Waals surface area contributed by atoms with Crippen LogP contribution >= 0.6 is 0 Å². The summed E-state index contributed by atoms with van der Waals surface area (Å²) in [5.41, 5.74) is -6.46. The quantitative estimate of drug-likeness (QED) is 0.491. The second-order valence-electron chi connectivity index (χ2n) is 7.55. The molecule has 170 valence electrons. The molecule has 0 aromatic rings. The number of halogens is 6. The van der Waals surface area contributed by atoms with Crippen LogP contribution < -0.4 is 10.6 Å². The van der Waals surface area contributed by atoms with Gasteiger partial charge in [-0.1, -0.05) is 13.8 Å². The Hall–Kier alpha value is -2.21. The molecule has 0 saturated carbocycles. The van der Waals surface area contributed by atoms with Crippen molar-refractivity contribution in [3.63, 3.8) is 0 Å². The Morgan fingerprint density at radius 1 is 0.931 bits per heavy atom. The molecule has 13 heteroatoms. The topological polar surface area (TPSA) is 93.7 Å². The third-order valence-corrected chi connectivity index (χ3v) is 3.37. The predicted molar refractivity (Wildman–Crippen MR) is 87.6 cm³/mol. The van der Waals surface area contributed by atoms with E-state index in [4.69, 9.17) is 4.74 Å². The van der Waals surface area contributed by atoms with Gasteiger partial charge < -0.3 is 14.8 Å². The number of amides is 2. The zero-order valence-corrected chi connectivity index (χ0v) is 16.7. The van der Waals surface area contributed by atoms with Crippen molar-refractivity contribution in [1.29, 1.82) is 0 Å². The number of hydrogen-bond acceptors (Lipinski definition) is 5. The minimum Gasteiger partial charge on any atom is -0.458 e. The van der Waals surface area contributed by atoms with E-state index >= 15 is 0 Å². The molecular weight excluding hydrogens is 414 g/mol. The van der Waals surface area contributed by atoms with E-state index in [2.05, 4.69) is 4.74 Å². The average Bonchev–Trinajstić information content (AvgIpc) is 2.46. The first kappa shape index (κ1) is 26.8. The van der Waals surface area contributed by atoms with Crippen LogP contribution in [0.4, 0.5) is 31.1 Å². The van der Waals surface area contributed by atoms with Crippen LogP contribution in [-0.2, 0) is 19.1 Å². The summed E-state index contributed by atoms with van der Waals surface area (Å²) in [5, 5.41) is 1.96. The zero-order valence-electron chi connectivity index (χ0n) is 16.7. The van der Waals surface area contributed by atoms with E-state index in [1.54, 1.807) is 0 Å². The number of rotatable bonds is 6. The summed E-state index contributed by atoms with van der Waals surface area (Å²) >= 11 is 0. The van der Waals surface area contributed by atoms with Crippen LogP contribution in [0.3, 0.4) is 0 Å². The number of ether oxygens (including phenoxy) is 2. The summed E-state index contributed by atoms with van der Waals surface area (Å²) in [5.74, 6) is -4.33. The summed E-state index contributed by atoms with van der Waals surface area (Å²) in [6.07, 6.45) is -15.1. The van der Waals surface area contributed by atoms with Gasteiger partial charge in [0, 0.05) is 0 Å². The highest BCUT2D eigenvalue weighted by molar-refractivity contribution is 5.94. The van der Waals surface area contributed by atoms with Crippen molar-refractivity contribution in [3.05, 3.63) is 0 Å². The fourth-order valence-electron chi connectivity index (χ4n) is 2.15. The van der Waals surface area contributed by atoms with Gasteiger partial charge in [-0.3, -0.25) is 10.1 Å². The van der Waals surface area contributed by atoms with E-state index in [-0.39, 0.29) is 6.42 Å². The smallest absolute Gasteiger partial charge is 0.429 e. The molecular formula is C16H24F6N2O5. The van der Waals surface area contributed by atoms with E-state index in [1.165, 1.54) is 39.9 Å². The molecule has 0 spiro atoms. The molecule has 0 aliphatic heterocycles. The summed E-state index contributed by atoms with van der Waals surface area (Å²) in [6.45, 7) is 7.32. The molecule has 2 amide bonds. The second-order valence-corrected chi connectivity index (χ2v) is 7.55. The van der Waals surface area contributed by atoms with Gasteiger partial charge in [0.2, 0.25) is 0 Å². The van der Waals surface area contributed by atoms with Gasteiger partial charge in [-0.15, -0.1) is 0 Å². The van der Waals surface area contributed by atoms with Crippen LogP contribution in [0.25, 0.3) is 0 Å². The van der Waals surface area contributed by atoms with E-state index in [0.29, 0.717) is 12.4 Å². The summed E-state index contributed by atoms with van der Waals surface area (Å²) in [4.78, 5) is 35.7. The normalized spacial score (nSPS) is 14.2. The number of carbonyl (C=O) groups is 3. The SMILES string of the molecule is COC(=O)NC(C(=O)N[C@@H](CC(C)C)C(=O)OC(C)(C)C)(C(F)(F)F)C(F)(F)F. The van der Waals surface area contributed by atoms with Crippen molar-refractivity contribution in [2.45, 2.75) is 70.6 Å². The maximum Gasteiger partial charge on any atom is 0.429 e. The van der Waals surface area contributed by atoms with Gasteiger partial charge in [-0.25, -0.2) is 9.59 Å². The second kappa shape index (κ2) is 9.08. The number of carbonyl (C=O) groups excluding carboxylic acids is 3. The van der Waals surface area contributed by atoms with Crippen LogP contribution in [0, 0.1) is 5.92 Å². The number of alkyl halides is 6. The molecule has 2 N–H and O–H groups in total. The number of esters is 1. The standard InChI is InChI=1S/C16H24F6N2O5/c1-8(2)7-9(10(25)29-13(3,4)5)23-11(26)14(15(17,18)19,16(20,21)22)24-12(27)28-6/h8-9H,7H2,1-6H3,(H,23,26)(H,24,27)/t9-/m0/s1. The molecule has 0 aromatic carbocycles. The minimum absolute atomic E-state index is 0.315. The van der Waals surface area contributed by atoms with Crippen LogP contribution in [0.5, 0.6) is 0 Å². The lowest BCUT2D eigenvalue weighted by Gasteiger charge is -2.37. The fourth-order valence-corrected chi connectivity index (χ4v) is 2.15. The van der Waals surface area contributed by atoms with Crippen molar-refractivity contribution in [3.8, 4) is 0 Å². The molecule has 0 fully saturated rings. The average molecular weight is 438 g/mol. The monoisotopic (exact) mass is 438 g/mol. The first-order valence-corrected chi connectivity index (χ1v) is 8.32. The summed E-state index contributed by atoms with van der Waals surface area (Å²) in [6, 6.07) is -1.83. The van der Waals surface area contributed by atoms with Crippen LogP contribution in [0.15, 0.2) is 0 Å². The number of hydrogen-bond donors (Lipinski definition) is 2. The first-order chi connectivity index (χ1) is 12.8. The first-order valence-electron chi connectivity index (χ1n) is 8.32. The molecule has 29 heavy (non-hydrogen) atoms. The van der Waals surface area contributed by atoms with Crippen molar-refractivity contribution in [2.24, 2.45) is 5.92 Å². The van der Waals surface area contributed by atoms with Crippen LogP contribution in [0.2, 0.25) is 0 Å². The molecule has 1 atom stereocenters. The predicted octanol–water partition coefficient (Wildman–Crippen LogP) is 3.08. The molecule has 0 radical (unpaired) electrons. The third kappa shape index (κ3) is 6.96. The maximum atomic E-state index is 13.4. The highest BCUT2D eigenvalue weighted by atomic mass is 19.4. The third-order valence-electron chi connectivity index (χ3n) is 3.37. The van der Waals surface area contributed by atoms with Gasteiger partial charge in [0.05, 0.1) is 7.11 Å². The van der Waals surface area contributed by atoms with Gasteiger partial charge in [0.25, 0.3) is 5.91 Å². The van der Waals surface area contributed by atoms with Crippen molar-refractivity contribution in [2.75, 3.05) is 7.11 Å². The van der Waals surface area contributed by atoms with Gasteiger partial charge in [-0.05, 0) is 33.1 Å². The lowest BCUT2D eigenvalue weighted by Crippen LogP contribution is -2.75. The van der Waals surface area contributed by atoms with Gasteiger partial charge in [-0.2, -0.15) is 26.3 Å². The van der Waals surface area contributed by atoms with Crippen LogP contribution in [-0.4, -0.2) is 54.6 Å². The van der Waals surface area contributed by atoms with Gasteiger partial charge in [0.15, 0.2) is 0 Å². The van der Waals surface area contributed by atoms with Crippen LogP contribution in [0.1, 0.15) is 41.0 Å². The van der Waals surface area contributed by atoms with E-state index < -0.39 is 53.4 Å². The maximum absolute atomic E-state index is 13.4. The molecule has 0 rings (SSSR count).